The predicted molar refractivity (Wildman–Crippen MR) is 89.6 cm³/mol. The van der Waals surface area contributed by atoms with Crippen LogP contribution in [0.3, 0.4) is 0 Å². The van der Waals surface area contributed by atoms with Crippen molar-refractivity contribution >= 4 is 43.6 Å². The van der Waals surface area contributed by atoms with Gasteiger partial charge in [-0.1, -0.05) is 36.4 Å². The number of carbonyl (C=O) groups is 1. The van der Waals surface area contributed by atoms with Gasteiger partial charge in [0.1, 0.15) is 0 Å². The molecule has 3 aromatic rings. The zero-order valence-corrected chi connectivity index (χ0v) is 12.7. The Hall–Kier alpha value is -2.13. The first-order valence-corrected chi connectivity index (χ1v) is 7.83. The predicted octanol–water partition coefficient (Wildman–Crippen LogP) is 5.02. The molecule has 0 radical (unpaired) electrons. The van der Waals surface area contributed by atoms with Crippen molar-refractivity contribution in [2.45, 2.75) is 13.3 Å². The summed E-state index contributed by atoms with van der Waals surface area (Å²) < 4.78 is 7.50. The normalized spacial score (nSPS) is 11.5. The van der Waals surface area contributed by atoms with Gasteiger partial charge in [0.25, 0.3) is 0 Å². The van der Waals surface area contributed by atoms with Crippen LogP contribution in [-0.2, 0) is 9.53 Å². The molecule has 0 N–H and O–H groups in total. The van der Waals surface area contributed by atoms with Crippen molar-refractivity contribution in [2.24, 2.45) is 0 Å². The van der Waals surface area contributed by atoms with Gasteiger partial charge >= 0.3 is 5.97 Å². The number of fused-ring (bicyclic) bond motifs is 3. The molecule has 3 rings (SSSR count). The molecule has 0 saturated heterocycles. The topological polar surface area (TPSA) is 26.3 Å². The lowest BCUT2D eigenvalue weighted by Crippen LogP contribution is -2.01. The Morgan fingerprint density at radius 1 is 1.14 bits per heavy atom. The van der Waals surface area contributed by atoms with Crippen molar-refractivity contribution in [1.29, 1.82) is 0 Å². The first kappa shape index (κ1) is 13.8. The van der Waals surface area contributed by atoms with Gasteiger partial charge in [0.15, 0.2) is 0 Å². The summed E-state index contributed by atoms with van der Waals surface area (Å²) in [5.41, 5.74) is 1.11. The van der Waals surface area contributed by atoms with Crippen LogP contribution >= 0.6 is 11.3 Å². The van der Waals surface area contributed by atoms with Crippen LogP contribution in [0.15, 0.2) is 48.5 Å². The lowest BCUT2D eigenvalue weighted by molar-refractivity contribution is -0.142. The summed E-state index contributed by atoms with van der Waals surface area (Å²) in [7, 11) is 0. The van der Waals surface area contributed by atoms with Crippen LogP contribution in [0.2, 0.25) is 0 Å². The van der Waals surface area contributed by atoms with Gasteiger partial charge in [0.05, 0.1) is 13.0 Å². The van der Waals surface area contributed by atoms with Crippen molar-refractivity contribution in [1.82, 2.24) is 0 Å². The van der Waals surface area contributed by atoms with Gasteiger partial charge < -0.3 is 4.74 Å². The Bertz CT molecular complexity index is 814. The van der Waals surface area contributed by atoms with Crippen molar-refractivity contribution in [3.63, 3.8) is 0 Å². The molecule has 1 heterocycles. The Kier molecular flexibility index (Phi) is 4.02. The molecule has 106 valence electrons. The zero-order valence-electron chi connectivity index (χ0n) is 11.8. The number of thiophene rings is 1. The van der Waals surface area contributed by atoms with Gasteiger partial charge in [-0.15, -0.1) is 11.3 Å². The molecule has 3 heteroatoms. The van der Waals surface area contributed by atoms with Crippen molar-refractivity contribution in [2.75, 3.05) is 6.61 Å². The third-order valence-electron chi connectivity index (χ3n) is 3.30. The summed E-state index contributed by atoms with van der Waals surface area (Å²) in [6.45, 7) is 2.25. The van der Waals surface area contributed by atoms with E-state index in [0.717, 1.165) is 5.56 Å². The van der Waals surface area contributed by atoms with E-state index >= 15 is 0 Å². The van der Waals surface area contributed by atoms with E-state index in [4.69, 9.17) is 4.74 Å². The highest BCUT2D eigenvalue weighted by molar-refractivity contribution is 7.25. The standard InChI is InChI=1S/C18H16O2S/c1-2-20-18(19)9-5-6-13-10-11-17-15(12-13)14-7-3-4-8-16(14)21-17/h3-8,10-12H,2,9H2,1H3. The highest BCUT2D eigenvalue weighted by Crippen LogP contribution is 2.34. The molecule has 0 amide bonds. The summed E-state index contributed by atoms with van der Waals surface area (Å²) in [5.74, 6) is -0.184. The molecule has 1 aromatic heterocycles. The zero-order chi connectivity index (χ0) is 14.7. The summed E-state index contributed by atoms with van der Waals surface area (Å²) in [6, 6.07) is 14.8. The Morgan fingerprint density at radius 3 is 2.81 bits per heavy atom. The first-order valence-electron chi connectivity index (χ1n) is 7.01. The summed E-state index contributed by atoms with van der Waals surface area (Å²) in [4.78, 5) is 11.3. The van der Waals surface area contributed by atoms with Crippen LogP contribution in [0, 0.1) is 0 Å². The Morgan fingerprint density at radius 2 is 1.95 bits per heavy atom. The summed E-state index contributed by atoms with van der Waals surface area (Å²) in [5, 5.41) is 2.56. The maximum Gasteiger partial charge on any atom is 0.309 e. The SMILES string of the molecule is CCOC(=O)CC=Cc1ccc2sc3ccccc3c2c1. The van der Waals surface area contributed by atoms with Gasteiger partial charge in [0, 0.05) is 20.2 Å². The van der Waals surface area contributed by atoms with Gasteiger partial charge in [0.2, 0.25) is 0 Å². The Labute approximate surface area is 127 Å². The molecule has 0 bridgehead atoms. The minimum absolute atomic E-state index is 0.184. The molecule has 0 saturated carbocycles. The van der Waals surface area contributed by atoms with E-state index in [0.29, 0.717) is 13.0 Å². The second-order valence-electron chi connectivity index (χ2n) is 4.77. The van der Waals surface area contributed by atoms with Crippen molar-refractivity contribution < 1.29 is 9.53 Å². The van der Waals surface area contributed by atoms with E-state index in [9.17, 15) is 4.79 Å². The average molecular weight is 296 g/mol. The number of carbonyl (C=O) groups excluding carboxylic acids is 1. The number of ether oxygens (including phenoxy) is 1. The van der Waals surface area contributed by atoms with Crippen LogP contribution in [-0.4, -0.2) is 12.6 Å². The van der Waals surface area contributed by atoms with E-state index in [1.807, 2.05) is 30.4 Å². The quantitative estimate of drug-likeness (QED) is 0.632. The van der Waals surface area contributed by atoms with Crippen LogP contribution in [0.5, 0.6) is 0 Å². The number of hydrogen-bond donors (Lipinski definition) is 0. The number of esters is 1. The molecule has 0 aliphatic carbocycles. The van der Waals surface area contributed by atoms with Crippen LogP contribution in [0.1, 0.15) is 18.9 Å². The summed E-state index contributed by atoms with van der Waals surface area (Å²) in [6.07, 6.45) is 4.15. The van der Waals surface area contributed by atoms with Gasteiger partial charge in [-0.05, 0) is 30.7 Å². The van der Waals surface area contributed by atoms with E-state index in [1.165, 1.54) is 20.2 Å². The fourth-order valence-electron chi connectivity index (χ4n) is 2.36. The average Bonchev–Trinajstić information content (AvgIpc) is 2.86. The molecule has 0 aliphatic heterocycles. The smallest absolute Gasteiger partial charge is 0.309 e. The van der Waals surface area contributed by atoms with E-state index in [2.05, 4.69) is 42.5 Å². The summed E-state index contributed by atoms with van der Waals surface area (Å²) >= 11 is 1.81. The molecule has 0 fully saturated rings. The molecule has 0 spiro atoms. The maximum atomic E-state index is 11.3. The van der Waals surface area contributed by atoms with E-state index in [1.54, 1.807) is 0 Å². The van der Waals surface area contributed by atoms with E-state index < -0.39 is 0 Å². The Balaban J connectivity index is 1.88. The molecule has 2 nitrogen and oxygen atoms in total. The third-order valence-corrected chi connectivity index (χ3v) is 4.45. The fourth-order valence-corrected chi connectivity index (χ4v) is 3.44. The molecule has 2 aromatic carbocycles. The highest BCUT2D eigenvalue weighted by Gasteiger charge is 2.04. The van der Waals surface area contributed by atoms with Gasteiger partial charge in [-0.3, -0.25) is 4.79 Å². The van der Waals surface area contributed by atoms with Crippen molar-refractivity contribution in [3.8, 4) is 0 Å². The van der Waals surface area contributed by atoms with Gasteiger partial charge in [-0.2, -0.15) is 0 Å². The molecule has 21 heavy (non-hydrogen) atoms. The minimum atomic E-state index is -0.184. The maximum absolute atomic E-state index is 11.3. The van der Waals surface area contributed by atoms with Crippen LogP contribution < -0.4 is 0 Å². The van der Waals surface area contributed by atoms with E-state index in [-0.39, 0.29) is 5.97 Å². The molecular weight excluding hydrogens is 280 g/mol. The van der Waals surface area contributed by atoms with Crippen molar-refractivity contribution in [3.05, 3.63) is 54.1 Å². The lowest BCUT2D eigenvalue weighted by atomic mass is 10.1. The van der Waals surface area contributed by atoms with Gasteiger partial charge in [-0.25, -0.2) is 0 Å². The van der Waals surface area contributed by atoms with Crippen LogP contribution in [0.4, 0.5) is 0 Å². The number of hydrogen-bond acceptors (Lipinski definition) is 3. The second-order valence-corrected chi connectivity index (χ2v) is 5.85. The third kappa shape index (κ3) is 2.98. The largest absolute Gasteiger partial charge is 0.466 e. The molecular formula is C18H16O2S. The number of benzene rings is 2. The molecule has 0 unspecified atom stereocenters. The molecule has 0 aliphatic rings. The fraction of sp³-hybridized carbons (Fsp3) is 0.167. The monoisotopic (exact) mass is 296 g/mol. The molecule has 0 atom stereocenters. The highest BCUT2D eigenvalue weighted by atomic mass is 32.1. The van der Waals surface area contributed by atoms with Crippen LogP contribution in [0.25, 0.3) is 26.2 Å². The first-order chi connectivity index (χ1) is 10.3. The lowest BCUT2D eigenvalue weighted by Gasteiger charge is -1.98. The minimum Gasteiger partial charge on any atom is -0.466 e. The number of rotatable bonds is 4. The second kappa shape index (κ2) is 6.10.